The topological polar surface area (TPSA) is 113 Å². The van der Waals surface area contributed by atoms with Crippen molar-refractivity contribution in [1.82, 2.24) is 10.2 Å². The normalized spacial score (nSPS) is 16.3. The maximum atomic E-state index is 13.8. The van der Waals surface area contributed by atoms with Crippen LogP contribution in [0.2, 0.25) is 0 Å². The van der Waals surface area contributed by atoms with Gasteiger partial charge < -0.3 is 19.8 Å². The number of hydrogen-bond acceptors (Lipinski definition) is 7. The molecule has 4 aromatic rings. The molecule has 42 heavy (non-hydrogen) atoms. The Labute approximate surface area is 245 Å². The third-order valence-corrected chi connectivity index (χ3v) is 7.52. The lowest BCUT2D eigenvalue weighted by Crippen LogP contribution is -2.41. The molecule has 0 saturated carbocycles. The van der Waals surface area contributed by atoms with E-state index in [-0.39, 0.29) is 19.1 Å². The van der Waals surface area contributed by atoms with Crippen LogP contribution in [-0.2, 0) is 27.5 Å². The van der Waals surface area contributed by atoms with Crippen LogP contribution >= 0.6 is 11.8 Å². The van der Waals surface area contributed by atoms with Gasteiger partial charge in [-0.1, -0.05) is 60.3 Å². The summed E-state index contributed by atoms with van der Waals surface area (Å²) < 4.78 is 24.4. The summed E-state index contributed by atoms with van der Waals surface area (Å²) in [5, 5.41) is 5.08. The first-order valence-corrected chi connectivity index (χ1v) is 14.0. The number of hydrogen-bond donors (Lipinski definition) is 2. The first-order chi connectivity index (χ1) is 20.4. The van der Waals surface area contributed by atoms with Crippen LogP contribution in [0.5, 0.6) is 0 Å². The molecule has 1 saturated heterocycles. The third kappa shape index (κ3) is 7.24. The predicted octanol–water partition coefficient (Wildman–Crippen LogP) is 6.18. The highest BCUT2D eigenvalue weighted by Gasteiger charge is 2.39. The Kier molecular flexibility index (Phi) is 8.98. The molecule has 2 heterocycles. The van der Waals surface area contributed by atoms with E-state index in [0.29, 0.717) is 27.9 Å². The van der Waals surface area contributed by atoms with Crippen molar-refractivity contribution in [3.8, 4) is 0 Å². The third-order valence-electron chi connectivity index (χ3n) is 6.29. The molecular formula is C31H27FN4O5S. The van der Waals surface area contributed by atoms with Gasteiger partial charge in [-0.15, -0.1) is 0 Å². The van der Waals surface area contributed by atoms with Crippen LogP contribution in [0, 0.1) is 5.82 Å². The monoisotopic (exact) mass is 586 g/mol. The summed E-state index contributed by atoms with van der Waals surface area (Å²) >= 11 is 1.25. The number of carbonyl (C=O) groups excluding carboxylic acids is 3. The van der Waals surface area contributed by atoms with E-state index < -0.39 is 29.1 Å². The van der Waals surface area contributed by atoms with Gasteiger partial charge in [0.2, 0.25) is 11.8 Å². The highest BCUT2D eigenvalue weighted by molar-refractivity contribution is 8.15. The van der Waals surface area contributed by atoms with E-state index in [9.17, 15) is 18.8 Å². The summed E-state index contributed by atoms with van der Waals surface area (Å²) in [5.74, 6) is -0.470. The minimum Gasteiger partial charge on any atom is -0.467 e. The Hall–Kier alpha value is -4.90. The molecule has 1 aromatic heterocycles. The lowest BCUT2D eigenvalue weighted by atomic mass is 10.1. The largest absolute Gasteiger partial charge is 0.467 e. The Morgan fingerprint density at radius 2 is 1.83 bits per heavy atom. The van der Waals surface area contributed by atoms with Crippen molar-refractivity contribution >= 4 is 46.2 Å². The number of amidine groups is 1. The zero-order chi connectivity index (χ0) is 29.5. The number of amides is 3. The SMILES string of the molecule is C[C@@H](NC(=O)OCc1ccccc1)C(=O)Nc1ccc(C2SC(=Nc3cccc(F)c3)N(Cc3ccco3)C2=O)cc1. The maximum absolute atomic E-state index is 13.8. The zero-order valence-corrected chi connectivity index (χ0v) is 23.3. The molecule has 0 bridgehead atoms. The molecule has 1 aliphatic heterocycles. The standard InChI is InChI=1S/C31H27FN4O5S/c1-20(33-31(39)41-19-21-7-3-2-4-8-21)28(37)34-24-14-12-22(13-15-24)27-29(38)36(18-26-11-6-16-40-26)30(42-27)35-25-10-5-9-23(32)17-25/h2-17,20,27H,18-19H2,1H3,(H,33,39)(H,34,37)/t20-,27?/m1/s1. The summed E-state index contributed by atoms with van der Waals surface area (Å²) in [6.45, 7) is 1.82. The van der Waals surface area contributed by atoms with Gasteiger partial charge in [0, 0.05) is 5.69 Å². The molecular weight excluding hydrogens is 559 g/mol. The van der Waals surface area contributed by atoms with Crippen LogP contribution in [-0.4, -0.2) is 34.0 Å². The molecule has 0 spiro atoms. The lowest BCUT2D eigenvalue weighted by molar-refractivity contribution is -0.126. The number of alkyl carbamates (subject to hydrolysis) is 1. The molecule has 3 aromatic carbocycles. The molecule has 214 valence electrons. The number of aliphatic imine (C=N–C) groups is 1. The second-order valence-electron chi connectivity index (χ2n) is 9.41. The van der Waals surface area contributed by atoms with E-state index in [4.69, 9.17) is 9.15 Å². The lowest BCUT2D eigenvalue weighted by Gasteiger charge is -2.16. The van der Waals surface area contributed by atoms with Gasteiger partial charge in [0.05, 0.1) is 18.5 Å². The van der Waals surface area contributed by atoms with Crippen molar-refractivity contribution in [1.29, 1.82) is 0 Å². The molecule has 9 nitrogen and oxygen atoms in total. The highest BCUT2D eigenvalue weighted by Crippen LogP contribution is 2.41. The van der Waals surface area contributed by atoms with Crippen LogP contribution in [0.25, 0.3) is 0 Å². The van der Waals surface area contributed by atoms with Crippen molar-refractivity contribution in [2.75, 3.05) is 5.32 Å². The van der Waals surface area contributed by atoms with Crippen LogP contribution < -0.4 is 10.6 Å². The van der Waals surface area contributed by atoms with E-state index in [2.05, 4.69) is 15.6 Å². The fourth-order valence-corrected chi connectivity index (χ4v) is 5.28. The second kappa shape index (κ2) is 13.2. The van der Waals surface area contributed by atoms with Gasteiger partial charge >= 0.3 is 6.09 Å². The van der Waals surface area contributed by atoms with Gasteiger partial charge in [-0.25, -0.2) is 14.2 Å². The van der Waals surface area contributed by atoms with Crippen LogP contribution in [0.4, 0.5) is 20.6 Å². The van der Waals surface area contributed by atoms with Gasteiger partial charge in [-0.05, 0) is 60.5 Å². The van der Waals surface area contributed by atoms with Crippen LogP contribution in [0.15, 0.2) is 107 Å². The summed E-state index contributed by atoms with van der Waals surface area (Å²) in [6.07, 6.45) is 0.824. The van der Waals surface area contributed by atoms with E-state index in [1.807, 2.05) is 30.3 Å². The molecule has 0 radical (unpaired) electrons. The number of benzene rings is 3. The Bertz CT molecular complexity index is 1580. The Balaban J connectivity index is 1.22. The van der Waals surface area contributed by atoms with E-state index >= 15 is 0 Å². The smallest absolute Gasteiger partial charge is 0.408 e. The quantitative estimate of drug-likeness (QED) is 0.242. The van der Waals surface area contributed by atoms with Gasteiger partial charge in [0.1, 0.15) is 29.5 Å². The predicted molar refractivity (Wildman–Crippen MR) is 157 cm³/mol. The summed E-state index contributed by atoms with van der Waals surface area (Å²) in [6, 6.07) is 24.6. The minimum absolute atomic E-state index is 0.0912. The number of anilines is 1. The fraction of sp³-hybridized carbons (Fsp3) is 0.161. The van der Waals surface area contributed by atoms with Crippen molar-refractivity contribution < 1.29 is 27.9 Å². The Morgan fingerprint density at radius 3 is 2.55 bits per heavy atom. The Morgan fingerprint density at radius 1 is 1.05 bits per heavy atom. The summed E-state index contributed by atoms with van der Waals surface area (Å²) in [7, 11) is 0. The molecule has 2 atom stereocenters. The maximum Gasteiger partial charge on any atom is 0.408 e. The van der Waals surface area contributed by atoms with Crippen LogP contribution in [0.3, 0.4) is 0 Å². The summed E-state index contributed by atoms with van der Waals surface area (Å²) in [4.78, 5) is 44.3. The number of ether oxygens (including phenoxy) is 1. The van der Waals surface area contributed by atoms with Crippen molar-refractivity contribution in [2.45, 2.75) is 31.4 Å². The summed E-state index contributed by atoms with van der Waals surface area (Å²) in [5.41, 5.74) is 2.42. The number of nitrogens with one attached hydrogen (secondary N) is 2. The molecule has 2 N–H and O–H groups in total. The number of furan rings is 1. The van der Waals surface area contributed by atoms with Gasteiger partial charge in [0.15, 0.2) is 5.17 Å². The fourth-order valence-electron chi connectivity index (χ4n) is 4.11. The van der Waals surface area contributed by atoms with Crippen molar-refractivity contribution in [2.24, 2.45) is 4.99 Å². The highest BCUT2D eigenvalue weighted by atomic mass is 32.2. The molecule has 1 aliphatic rings. The number of thioether (sulfide) groups is 1. The van der Waals surface area contributed by atoms with E-state index in [1.54, 1.807) is 55.5 Å². The molecule has 11 heteroatoms. The molecule has 0 aliphatic carbocycles. The van der Waals surface area contributed by atoms with Crippen molar-refractivity contribution in [3.63, 3.8) is 0 Å². The molecule has 1 unspecified atom stereocenters. The average Bonchev–Trinajstić information content (AvgIpc) is 3.61. The first-order valence-electron chi connectivity index (χ1n) is 13.1. The second-order valence-corrected chi connectivity index (χ2v) is 10.5. The molecule has 3 amide bonds. The number of nitrogens with zero attached hydrogens (tertiary/aromatic N) is 2. The molecule has 5 rings (SSSR count). The average molecular weight is 587 g/mol. The zero-order valence-electron chi connectivity index (χ0n) is 22.5. The van der Waals surface area contributed by atoms with E-state index in [0.717, 1.165) is 5.56 Å². The molecule has 1 fully saturated rings. The number of halogens is 1. The first kappa shape index (κ1) is 28.6. The van der Waals surface area contributed by atoms with Crippen LogP contribution in [0.1, 0.15) is 29.1 Å². The van der Waals surface area contributed by atoms with Crippen molar-refractivity contribution in [3.05, 3.63) is 120 Å². The number of rotatable bonds is 9. The van der Waals surface area contributed by atoms with Gasteiger partial charge in [-0.2, -0.15) is 0 Å². The van der Waals surface area contributed by atoms with Gasteiger partial charge in [0.25, 0.3) is 0 Å². The van der Waals surface area contributed by atoms with E-state index in [1.165, 1.54) is 35.1 Å². The number of carbonyl (C=O) groups is 3. The van der Waals surface area contributed by atoms with Gasteiger partial charge in [-0.3, -0.25) is 14.5 Å². The minimum atomic E-state index is -0.850.